The van der Waals surface area contributed by atoms with E-state index in [4.69, 9.17) is 13.8 Å². The molecule has 0 aliphatic carbocycles. The Hall–Kier alpha value is -3.63. The van der Waals surface area contributed by atoms with Crippen LogP contribution in [0.5, 0.6) is 0 Å². The molecule has 0 spiro atoms. The van der Waals surface area contributed by atoms with Gasteiger partial charge >= 0.3 is 0 Å². The molecule has 1 fully saturated rings. The number of fused-ring (bicyclic) bond motifs is 1. The third kappa shape index (κ3) is 5.13. The van der Waals surface area contributed by atoms with E-state index in [1.807, 2.05) is 18.2 Å². The van der Waals surface area contributed by atoms with Crippen molar-refractivity contribution in [1.29, 1.82) is 0 Å². The van der Waals surface area contributed by atoms with E-state index in [9.17, 15) is 9.18 Å². The molecule has 1 N–H and O–H groups in total. The van der Waals surface area contributed by atoms with Crippen LogP contribution in [0.25, 0.3) is 22.5 Å². The third-order valence-electron chi connectivity index (χ3n) is 5.79. The van der Waals surface area contributed by atoms with Crippen LogP contribution in [0.3, 0.4) is 0 Å². The molecule has 5 rings (SSSR count). The molecule has 176 valence electrons. The summed E-state index contributed by atoms with van der Waals surface area (Å²) in [5, 5.41) is 10.7. The van der Waals surface area contributed by atoms with Crippen molar-refractivity contribution in [2.75, 3.05) is 26.2 Å². The molecule has 0 saturated carbocycles. The highest BCUT2D eigenvalue weighted by molar-refractivity contribution is 5.78. The second kappa shape index (κ2) is 9.70. The lowest BCUT2D eigenvalue weighted by atomic mass is 10.1. The Morgan fingerprint density at radius 2 is 2.00 bits per heavy atom. The van der Waals surface area contributed by atoms with Gasteiger partial charge in [-0.3, -0.25) is 9.69 Å². The van der Waals surface area contributed by atoms with E-state index >= 15 is 0 Å². The summed E-state index contributed by atoms with van der Waals surface area (Å²) >= 11 is 0. The summed E-state index contributed by atoms with van der Waals surface area (Å²) in [5.74, 6) is 0.440. The molecular weight excluding hydrogens is 441 g/mol. The zero-order valence-corrected chi connectivity index (χ0v) is 18.7. The average Bonchev–Trinajstić information content (AvgIpc) is 3.45. The lowest BCUT2D eigenvalue weighted by molar-refractivity contribution is -0.121. The van der Waals surface area contributed by atoms with E-state index in [2.05, 4.69) is 25.5 Å². The van der Waals surface area contributed by atoms with Crippen molar-refractivity contribution in [3.63, 3.8) is 0 Å². The number of aryl methyl sites for hydroxylation is 1. The van der Waals surface area contributed by atoms with E-state index in [0.717, 1.165) is 29.7 Å². The van der Waals surface area contributed by atoms with Gasteiger partial charge in [0.15, 0.2) is 0 Å². The maximum atomic E-state index is 13.1. The lowest BCUT2D eigenvalue weighted by Gasteiger charge is -2.33. The summed E-state index contributed by atoms with van der Waals surface area (Å²) in [6.07, 6.45) is -0.0121. The minimum absolute atomic E-state index is 0.0959. The number of morpholine rings is 1. The summed E-state index contributed by atoms with van der Waals surface area (Å²) < 4.78 is 29.4. The maximum Gasteiger partial charge on any atom is 0.226 e. The van der Waals surface area contributed by atoms with Gasteiger partial charge in [0, 0.05) is 31.7 Å². The van der Waals surface area contributed by atoms with Crippen LogP contribution in [0.15, 0.2) is 51.5 Å². The number of benzene rings is 2. The molecular formula is C24H24FN5O4. The smallest absolute Gasteiger partial charge is 0.226 e. The zero-order chi connectivity index (χ0) is 23.5. The van der Waals surface area contributed by atoms with Gasteiger partial charge in [-0.1, -0.05) is 6.07 Å². The summed E-state index contributed by atoms with van der Waals surface area (Å²) in [7, 11) is 0. The number of nitrogens with one attached hydrogen (secondary N) is 1. The minimum atomic E-state index is -0.330. The van der Waals surface area contributed by atoms with E-state index in [1.54, 1.807) is 19.1 Å². The Balaban J connectivity index is 1.13. The van der Waals surface area contributed by atoms with E-state index < -0.39 is 0 Å². The zero-order valence-electron chi connectivity index (χ0n) is 18.7. The van der Waals surface area contributed by atoms with Crippen LogP contribution in [-0.2, 0) is 22.5 Å². The maximum absolute atomic E-state index is 13.1. The molecule has 2 aromatic heterocycles. The molecule has 1 amide bonds. The second-order valence-electron chi connectivity index (χ2n) is 8.32. The number of ether oxygens (including phenoxy) is 1. The first-order chi connectivity index (χ1) is 16.5. The summed E-state index contributed by atoms with van der Waals surface area (Å²) in [6.45, 7) is 5.02. The third-order valence-corrected chi connectivity index (χ3v) is 5.79. The van der Waals surface area contributed by atoms with Crippen molar-refractivity contribution in [2.45, 2.75) is 26.0 Å². The largest absolute Gasteiger partial charge is 0.441 e. The van der Waals surface area contributed by atoms with Gasteiger partial charge in [-0.2, -0.15) is 0 Å². The van der Waals surface area contributed by atoms with Crippen LogP contribution < -0.4 is 5.32 Å². The van der Waals surface area contributed by atoms with Crippen molar-refractivity contribution < 1.29 is 23.0 Å². The standard InChI is InChI=1S/C24H24FN5O4/c1-15-21(27-24(33-15)17-3-5-18(25)6-4-17)11-23(31)26-12-19-14-30(8-9-32-19)13-16-2-7-20-22(10-16)29-34-28-20/h2-7,10,19H,8-9,11-14H2,1H3,(H,26,31)/t19-/m0/s1. The van der Waals surface area contributed by atoms with Gasteiger partial charge in [0.1, 0.15) is 22.6 Å². The molecule has 1 atom stereocenters. The Bertz CT molecular complexity index is 1290. The number of nitrogens with zero attached hydrogens (tertiary/aromatic N) is 4. The molecule has 34 heavy (non-hydrogen) atoms. The molecule has 0 bridgehead atoms. The van der Waals surface area contributed by atoms with Gasteiger partial charge < -0.3 is 14.5 Å². The number of aromatic nitrogens is 3. The normalized spacial score (nSPS) is 16.7. The highest BCUT2D eigenvalue weighted by Gasteiger charge is 2.22. The Kier molecular flexibility index (Phi) is 6.33. The predicted molar refractivity (Wildman–Crippen MR) is 120 cm³/mol. The van der Waals surface area contributed by atoms with E-state index in [-0.39, 0.29) is 24.2 Å². The summed E-state index contributed by atoms with van der Waals surface area (Å²) in [5.41, 5.74) is 3.80. The van der Waals surface area contributed by atoms with Gasteiger partial charge in [0.25, 0.3) is 0 Å². The fraction of sp³-hybridized carbons (Fsp3) is 0.333. The monoisotopic (exact) mass is 465 g/mol. The van der Waals surface area contributed by atoms with Gasteiger partial charge in [0.2, 0.25) is 11.8 Å². The molecule has 2 aromatic carbocycles. The SMILES string of the molecule is Cc1oc(-c2ccc(F)cc2)nc1CC(=O)NC[C@H]1CN(Cc2ccc3nonc3c2)CCO1. The Morgan fingerprint density at radius 1 is 1.18 bits per heavy atom. The van der Waals surface area contributed by atoms with E-state index in [0.29, 0.717) is 42.6 Å². The van der Waals surface area contributed by atoms with Crippen LogP contribution >= 0.6 is 0 Å². The van der Waals surface area contributed by atoms with Gasteiger partial charge in [-0.15, -0.1) is 0 Å². The summed E-state index contributed by atoms with van der Waals surface area (Å²) in [4.78, 5) is 19.2. The highest BCUT2D eigenvalue weighted by atomic mass is 19.1. The first-order valence-electron chi connectivity index (χ1n) is 11.1. The van der Waals surface area contributed by atoms with Crippen LogP contribution in [0.2, 0.25) is 0 Å². The lowest BCUT2D eigenvalue weighted by Crippen LogP contribution is -2.47. The molecule has 10 heteroatoms. The molecule has 9 nitrogen and oxygen atoms in total. The molecule has 3 heterocycles. The molecule has 4 aromatic rings. The van der Waals surface area contributed by atoms with Gasteiger partial charge in [0.05, 0.1) is 24.8 Å². The van der Waals surface area contributed by atoms with Gasteiger partial charge in [-0.25, -0.2) is 14.0 Å². The van der Waals surface area contributed by atoms with Crippen molar-refractivity contribution in [3.8, 4) is 11.5 Å². The number of carbonyl (C=O) groups is 1. The highest BCUT2D eigenvalue weighted by Crippen LogP contribution is 2.22. The van der Waals surface area contributed by atoms with Crippen LogP contribution in [0.1, 0.15) is 17.0 Å². The van der Waals surface area contributed by atoms with Crippen molar-refractivity contribution >= 4 is 16.9 Å². The van der Waals surface area contributed by atoms with Crippen LogP contribution in [0.4, 0.5) is 4.39 Å². The first-order valence-corrected chi connectivity index (χ1v) is 11.1. The minimum Gasteiger partial charge on any atom is -0.441 e. The topological polar surface area (TPSA) is 107 Å². The number of carbonyl (C=O) groups excluding carboxylic acids is 1. The molecule has 1 aliphatic rings. The molecule has 0 radical (unpaired) electrons. The quantitative estimate of drug-likeness (QED) is 0.444. The first kappa shape index (κ1) is 22.2. The van der Waals surface area contributed by atoms with E-state index in [1.165, 1.54) is 12.1 Å². The summed E-state index contributed by atoms with van der Waals surface area (Å²) in [6, 6.07) is 11.8. The molecule has 1 saturated heterocycles. The fourth-order valence-corrected chi connectivity index (χ4v) is 3.98. The van der Waals surface area contributed by atoms with Crippen LogP contribution in [-0.4, -0.2) is 58.4 Å². The second-order valence-corrected chi connectivity index (χ2v) is 8.32. The van der Waals surface area contributed by atoms with Crippen LogP contribution in [0, 0.1) is 12.7 Å². The van der Waals surface area contributed by atoms with Crippen molar-refractivity contribution in [2.24, 2.45) is 0 Å². The fourth-order valence-electron chi connectivity index (χ4n) is 3.98. The Labute approximate surface area is 194 Å². The Morgan fingerprint density at radius 3 is 2.85 bits per heavy atom. The number of halogens is 1. The number of rotatable bonds is 7. The van der Waals surface area contributed by atoms with Gasteiger partial charge in [-0.05, 0) is 59.2 Å². The average molecular weight is 465 g/mol. The van der Waals surface area contributed by atoms with Crippen molar-refractivity contribution in [3.05, 3.63) is 65.3 Å². The molecule has 0 unspecified atom stereocenters. The predicted octanol–water partition coefficient (Wildman–Crippen LogP) is 2.89. The van der Waals surface area contributed by atoms with Crippen molar-refractivity contribution in [1.82, 2.24) is 25.5 Å². The number of amides is 1. The number of oxazole rings is 1. The number of hydrogen-bond acceptors (Lipinski definition) is 8. The molecule has 1 aliphatic heterocycles. The number of hydrogen-bond donors (Lipinski definition) is 1.